The van der Waals surface area contributed by atoms with Gasteiger partial charge in [-0.3, -0.25) is 4.79 Å². The van der Waals surface area contributed by atoms with Crippen molar-refractivity contribution in [1.29, 1.82) is 0 Å². The molecule has 0 bridgehead atoms. The average Bonchev–Trinajstić information content (AvgIpc) is 1.99. The Balaban J connectivity index is 3.74. The quantitative estimate of drug-likeness (QED) is 0.688. The van der Waals surface area contributed by atoms with E-state index >= 15 is 0 Å². The van der Waals surface area contributed by atoms with Crippen LogP contribution in [0.2, 0.25) is 0 Å². The predicted molar refractivity (Wildman–Crippen MR) is 55.6 cm³/mol. The van der Waals surface area contributed by atoms with Gasteiger partial charge in [0, 0.05) is 19.0 Å². The van der Waals surface area contributed by atoms with Gasteiger partial charge in [0.1, 0.15) is 0 Å². The number of carbonyl (C=O) groups excluding carboxylic acids is 1. The number of carbonyl (C=O) groups is 1. The number of rotatable bonds is 4. The molecule has 1 unspecified atom stereocenters. The molecule has 0 aromatic heterocycles. The first-order valence-corrected chi connectivity index (χ1v) is 4.79. The normalized spacial score (nSPS) is 13.9. The lowest BCUT2D eigenvalue weighted by Crippen LogP contribution is -2.38. The second-order valence-electron chi connectivity index (χ2n) is 4.74. The Bertz CT molecular complexity index is 161. The summed E-state index contributed by atoms with van der Waals surface area (Å²) in [6.07, 6.45) is 0. The molecule has 3 heteroatoms. The molecule has 0 rings (SSSR count). The zero-order valence-electron chi connectivity index (χ0n) is 9.40. The number of nitrogens with one attached hydrogen (secondary N) is 2. The Hall–Kier alpha value is -0.570. The number of hydrogen-bond donors (Lipinski definition) is 2. The average molecular weight is 186 g/mol. The van der Waals surface area contributed by atoms with E-state index in [1.165, 1.54) is 0 Å². The Morgan fingerprint density at radius 3 is 2.31 bits per heavy atom. The fourth-order valence-corrected chi connectivity index (χ4v) is 0.925. The van der Waals surface area contributed by atoms with E-state index in [1.54, 1.807) is 0 Å². The standard InChI is InChI=1S/C10H22N2O/c1-8(6-11-5)9(13)12-7-10(2,3)4/h8,11H,6-7H2,1-5H3,(H,12,13). The van der Waals surface area contributed by atoms with E-state index < -0.39 is 0 Å². The van der Waals surface area contributed by atoms with Gasteiger partial charge in [0.15, 0.2) is 0 Å². The predicted octanol–water partition coefficient (Wildman–Crippen LogP) is 1.00. The van der Waals surface area contributed by atoms with E-state index in [4.69, 9.17) is 0 Å². The monoisotopic (exact) mass is 186 g/mol. The fourth-order valence-electron chi connectivity index (χ4n) is 0.925. The maximum Gasteiger partial charge on any atom is 0.224 e. The lowest BCUT2D eigenvalue weighted by Gasteiger charge is -2.20. The molecule has 0 radical (unpaired) electrons. The summed E-state index contributed by atoms with van der Waals surface area (Å²) in [6.45, 7) is 9.71. The first-order chi connectivity index (χ1) is 5.87. The maximum atomic E-state index is 11.4. The molecule has 0 aliphatic heterocycles. The molecule has 1 atom stereocenters. The molecule has 0 saturated heterocycles. The molecule has 3 nitrogen and oxygen atoms in total. The van der Waals surface area contributed by atoms with Crippen molar-refractivity contribution in [2.45, 2.75) is 27.7 Å². The molecule has 13 heavy (non-hydrogen) atoms. The lowest BCUT2D eigenvalue weighted by molar-refractivity contribution is -0.124. The number of amides is 1. The van der Waals surface area contributed by atoms with E-state index in [0.717, 1.165) is 13.1 Å². The van der Waals surface area contributed by atoms with E-state index in [1.807, 2.05) is 14.0 Å². The van der Waals surface area contributed by atoms with Crippen molar-refractivity contribution in [3.63, 3.8) is 0 Å². The van der Waals surface area contributed by atoms with Gasteiger partial charge in [-0.15, -0.1) is 0 Å². The van der Waals surface area contributed by atoms with E-state index in [9.17, 15) is 4.79 Å². The zero-order valence-corrected chi connectivity index (χ0v) is 9.40. The Morgan fingerprint density at radius 1 is 1.38 bits per heavy atom. The smallest absolute Gasteiger partial charge is 0.224 e. The third kappa shape index (κ3) is 6.58. The van der Waals surface area contributed by atoms with Gasteiger partial charge in [-0.2, -0.15) is 0 Å². The fraction of sp³-hybridized carbons (Fsp3) is 0.900. The van der Waals surface area contributed by atoms with E-state index in [-0.39, 0.29) is 17.2 Å². The molecule has 0 heterocycles. The minimum Gasteiger partial charge on any atom is -0.355 e. The molecule has 0 aliphatic rings. The van der Waals surface area contributed by atoms with Crippen molar-refractivity contribution in [2.24, 2.45) is 11.3 Å². The van der Waals surface area contributed by atoms with E-state index in [2.05, 4.69) is 31.4 Å². The van der Waals surface area contributed by atoms with Crippen LogP contribution in [0.25, 0.3) is 0 Å². The molecule has 0 aliphatic carbocycles. The van der Waals surface area contributed by atoms with Crippen LogP contribution in [0.15, 0.2) is 0 Å². The Kier molecular flexibility index (Phi) is 4.99. The summed E-state index contributed by atoms with van der Waals surface area (Å²) in [5.41, 5.74) is 0.162. The Morgan fingerprint density at radius 2 is 1.92 bits per heavy atom. The van der Waals surface area contributed by atoms with Crippen LogP contribution in [-0.2, 0) is 4.79 Å². The third-order valence-electron chi connectivity index (χ3n) is 1.75. The molecule has 0 spiro atoms. The molecule has 0 aromatic carbocycles. The van der Waals surface area contributed by atoms with E-state index in [0.29, 0.717) is 0 Å². The van der Waals surface area contributed by atoms with Crippen molar-refractivity contribution in [2.75, 3.05) is 20.1 Å². The van der Waals surface area contributed by atoms with Crippen molar-refractivity contribution in [3.05, 3.63) is 0 Å². The summed E-state index contributed by atoms with van der Waals surface area (Å²) < 4.78 is 0. The van der Waals surface area contributed by atoms with Crippen molar-refractivity contribution >= 4 is 5.91 Å². The van der Waals surface area contributed by atoms with Crippen molar-refractivity contribution in [1.82, 2.24) is 10.6 Å². The van der Waals surface area contributed by atoms with Crippen molar-refractivity contribution in [3.8, 4) is 0 Å². The first-order valence-electron chi connectivity index (χ1n) is 4.79. The van der Waals surface area contributed by atoms with Gasteiger partial charge in [0.2, 0.25) is 5.91 Å². The van der Waals surface area contributed by atoms with Crippen LogP contribution >= 0.6 is 0 Å². The van der Waals surface area contributed by atoms with Gasteiger partial charge >= 0.3 is 0 Å². The molecular formula is C10H22N2O. The minimum atomic E-state index is 0.0485. The zero-order chi connectivity index (χ0) is 10.5. The van der Waals surface area contributed by atoms with Crippen LogP contribution in [0.1, 0.15) is 27.7 Å². The molecular weight excluding hydrogens is 164 g/mol. The van der Waals surface area contributed by atoms with Crippen LogP contribution in [0.5, 0.6) is 0 Å². The second kappa shape index (κ2) is 5.22. The van der Waals surface area contributed by atoms with Crippen LogP contribution in [0, 0.1) is 11.3 Å². The second-order valence-corrected chi connectivity index (χ2v) is 4.74. The maximum absolute atomic E-state index is 11.4. The van der Waals surface area contributed by atoms with Crippen LogP contribution < -0.4 is 10.6 Å². The van der Waals surface area contributed by atoms with Gasteiger partial charge in [-0.1, -0.05) is 27.7 Å². The highest BCUT2D eigenvalue weighted by atomic mass is 16.1. The Labute approximate surface area is 81.3 Å². The summed E-state index contributed by atoms with van der Waals surface area (Å²) in [5, 5.41) is 5.91. The van der Waals surface area contributed by atoms with Gasteiger partial charge < -0.3 is 10.6 Å². The highest BCUT2D eigenvalue weighted by Gasteiger charge is 2.15. The highest BCUT2D eigenvalue weighted by molar-refractivity contribution is 5.78. The molecule has 0 aromatic rings. The molecule has 1 amide bonds. The minimum absolute atomic E-state index is 0.0485. The highest BCUT2D eigenvalue weighted by Crippen LogP contribution is 2.10. The summed E-state index contributed by atoms with van der Waals surface area (Å²) in [5.74, 6) is 0.177. The van der Waals surface area contributed by atoms with Gasteiger partial charge in [-0.05, 0) is 12.5 Å². The molecule has 0 fully saturated rings. The summed E-state index contributed by atoms with van der Waals surface area (Å²) >= 11 is 0. The molecule has 2 N–H and O–H groups in total. The SMILES string of the molecule is CNCC(C)C(=O)NCC(C)(C)C. The lowest BCUT2D eigenvalue weighted by atomic mass is 9.96. The number of hydrogen-bond acceptors (Lipinski definition) is 2. The largest absolute Gasteiger partial charge is 0.355 e. The van der Waals surface area contributed by atoms with Gasteiger partial charge in [-0.25, -0.2) is 0 Å². The first kappa shape index (κ1) is 12.4. The van der Waals surface area contributed by atoms with Gasteiger partial charge in [0.05, 0.1) is 0 Å². The van der Waals surface area contributed by atoms with Crippen molar-refractivity contribution < 1.29 is 4.79 Å². The summed E-state index contributed by atoms with van der Waals surface area (Å²) in [6, 6.07) is 0. The van der Waals surface area contributed by atoms with Crippen LogP contribution in [0.3, 0.4) is 0 Å². The molecule has 0 saturated carbocycles. The van der Waals surface area contributed by atoms with Crippen LogP contribution in [-0.4, -0.2) is 26.0 Å². The third-order valence-corrected chi connectivity index (χ3v) is 1.75. The topological polar surface area (TPSA) is 41.1 Å². The summed E-state index contributed by atoms with van der Waals surface area (Å²) in [7, 11) is 1.85. The van der Waals surface area contributed by atoms with Gasteiger partial charge in [0.25, 0.3) is 0 Å². The summed E-state index contributed by atoms with van der Waals surface area (Å²) in [4.78, 5) is 11.4. The van der Waals surface area contributed by atoms with Crippen LogP contribution in [0.4, 0.5) is 0 Å². The molecule has 78 valence electrons.